The molecular weight excluding hydrogens is 343 g/mol. The van der Waals surface area contributed by atoms with Gasteiger partial charge in [-0.3, -0.25) is 0 Å². The van der Waals surface area contributed by atoms with Crippen LogP contribution in [0.2, 0.25) is 0 Å². The van der Waals surface area contributed by atoms with Crippen LogP contribution in [0.4, 0.5) is 23.7 Å². The summed E-state index contributed by atoms with van der Waals surface area (Å²) >= 11 is 0. The number of carbonyl (C=O) groups excluding carboxylic acids is 1. The molecule has 0 spiro atoms. The highest BCUT2D eigenvalue weighted by atomic mass is 19.2. The van der Waals surface area contributed by atoms with Crippen molar-refractivity contribution in [1.82, 2.24) is 10.2 Å². The van der Waals surface area contributed by atoms with Gasteiger partial charge in [-0.05, 0) is 30.2 Å². The average Bonchev–Trinajstić information content (AvgIpc) is 2.65. The van der Waals surface area contributed by atoms with Crippen LogP contribution in [-0.4, -0.2) is 43.7 Å². The van der Waals surface area contributed by atoms with Crippen molar-refractivity contribution in [2.75, 3.05) is 37.6 Å². The van der Waals surface area contributed by atoms with Crippen LogP contribution < -0.4 is 10.2 Å². The molecule has 7 heteroatoms. The van der Waals surface area contributed by atoms with Crippen LogP contribution >= 0.6 is 0 Å². The number of anilines is 1. The first kappa shape index (κ1) is 18.1. The fourth-order valence-electron chi connectivity index (χ4n) is 2.97. The molecule has 2 aromatic carbocycles. The van der Waals surface area contributed by atoms with E-state index < -0.39 is 11.6 Å². The van der Waals surface area contributed by atoms with Crippen molar-refractivity contribution in [3.05, 3.63) is 65.5 Å². The number of benzene rings is 2. The lowest BCUT2D eigenvalue weighted by Crippen LogP contribution is -2.52. The highest BCUT2D eigenvalue weighted by Crippen LogP contribution is 2.19. The van der Waals surface area contributed by atoms with Gasteiger partial charge in [0.25, 0.3) is 0 Å². The number of amides is 2. The lowest BCUT2D eigenvalue weighted by molar-refractivity contribution is 0.194. The highest BCUT2D eigenvalue weighted by molar-refractivity contribution is 5.74. The fraction of sp³-hybridized carbons (Fsp3) is 0.316. The third kappa shape index (κ3) is 4.28. The molecule has 0 radical (unpaired) electrons. The third-order valence-electron chi connectivity index (χ3n) is 4.46. The second kappa shape index (κ2) is 8.12. The Labute approximate surface area is 150 Å². The topological polar surface area (TPSA) is 35.6 Å². The molecule has 1 heterocycles. The van der Waals surface area contributed by atoms with Gasteiger partial charge < -0.3 is 15.1 Å². The van der Waals surface area contributed by atoms with Gasteiger partial charge in [-0.2, -0.15) is 0 Å². The second-order valence-electron chi connectivity index (χ2n) is 6.15. The van der Waals surface area contributed by atoms with Crippen molar-refractivity contribution in [2.45, 2.75) is 6.42 Å². The van der Waals surface area contributed by atoms with E-state index in [1.807, 2.05) is 4.90 Å². The van der Waals surface area contributed by atoms with E-state index in [4.69, 9.17) is 0 Å². The second-order valence-corrected chi connectivity index (χ2v) is 6.15. The van der Waals surface area contributed by atoms with Gasteiger partial charge in [-0.25, -0.2) is 18.0 Å². The van der Waals surface area contributed by atoms with Gasteiger partial charge in [0.2, 0.25) is 0 Å². The number of nitrogens with zero attached hydrogens (tertiary/aromatic N) is 2. The molecule has 4 nitrogen and oxygen atoms in total. The van der Waals surface area contributed by atoms with Crippen LogP contribution in [0.25, 0.3) is 0 Å². The Bertz CT molecular complexity index is 776. The quantitative estimate of drug-likeness (QED) is 0.906. The van der Waals surface area contributed by atoms with Gasteiger partial charge in [0.05, 0.1) is 0 Å². The summed E-state index contributed by atoms with van der Waals surface area (Å²) in [7, 11) is 0. The summed E-state index contributed by atoms with van der Waals surface area (Å²) in [6.07, 6.45) is 0.424. The van der Waals surface area contributed by atoms with E-state index >= 15 is 0 Å². The van der Waals surface area contributed by atoms with Crippen molar-refractivity contribution in [1.29, 1.82) is 0 Å². The van der Waals surface area contributed by atoms with Gasteiger partial charge in [0, 0.05) is 44.5 Å². The van der Waals surface area contributed by atoms with Crippen molar-refractivity contribution in [3.8, 4) is 0 Å². The molecule has 0 atom stereocenters. The zero-order valence-corrected chi connectivity index (χ0v) is 14.2. The van der Waals surface area contributed by atoms with E-state index in [-0.39, 0.29) is 11.8 Å². The van der Waals surface area contributed by atoms with E-state index in [1.165, 1.54) is 18.2 Å². The van der Waals surface area contributed by atoms with Crippen LogP contribution in [-0.2, 0) is 6.42 Å². The van der Waals surface area contributed by atoms with Gasteiger partial charge >= 0.3 is 6.03 Å². The molecule has 1 aliphatic rings. The van der Waals surface area contributed by atoms with Crippen molar-refractivity contribution in [3.63, 3.8) is 0 Å². The maximum Gasteiger partial charge on any atom is 0.317 e. The van der Waals surface area contributed by atoms with Gasteiger partial charge in [0.15, 0.2) is 11.6 Å². The molecule has 1 N–H and O–H groups in total. The molecule has 0 bridgehead atoms. The van der Waals surface area contributed by atoms with Crippen LogP contribution in [0.15, 0.2) is 42.5 Å². The smallest absolute Gasteiger partial charge is 0.317 e. The van der Waals surface area contributed by atoms with E-state index in [0.29, 0.717) is 50.4 Å². The Balaban J connectivity index is 1.46. The van der Waals surface area contributed by atoms with Crippen molar-refractivity contribution >= 4 is 11.7 Å². The van der Waals surface area contributed by atoms with Crippen molar-refractivity contribution < 1.29 is 18.0 Å². The number of urea groups is 1. The number of carbonyl (C=O) groups is 1. The first-order chi connectivity index (χ1) is 12.5. The minimum atomic E-state index is -0.879. The molecule has 138 valence electrons. The monoisotopic (exact) mass is 363 g/mol. The average molecular weight is 363 g/mol. The van der Waals surface area contributed by atoms with Gasteiger partial charge in [-0.15, -0.1) is 0 Å². The first-order valence-electron chi connectivity index (χ1n) is 8.51. The van der Waals surface area contributed by atoms with Gasteiger partial charge in [-0.1, -0.05) is 18.2 Å². The van der Waals surface area contributed by atoms with Crippen LogP contribution in [0.5, 0.6) is 0 Å². The molecule has 0 aliphatic carbocycles. The molecule has 2 aromatic rings. The molecule has 0 aromatic heterocycles. The number of halogens is 3. The van der Waals surface area contributed by atoms with E-state index in [2.05, 4.69) is 5.32 Å². The Morgan fingerprint density at radius 3 is 2.35 bits per heavy atom. The molecule has 2 amide bonds. The fourth-order valence-corrected chi connectivity index (χ4v) is 2.97. The number of hydrogen-bond acceptors (Lipinski definition) is 2. The predicted octanol–water partition coefficient (Wildman–Crippen LogP) is 3.18. The normalized spacial score (nSPS) is 14.4. The minimum Gasteiger partial charge on any atom is -0.368 e. The standard InChI is InChI=1S/C19H20F3N3O/c20-16-4-2-1-3-14(16)7-8-23-19(26)25-11-9-24(10-12-25)15-5-6-17(21)18(22)13-15/h1-6,13H,7-12H2,(H,23,26). The molecule has 1 aliphatic heterocycles. The molecule has 1 saturated heterocycles. The van der Waals surface area contributed by atoms with Crippen molar-refractivity contribution in [2.24, 2.45) is 0 Å². The maximum atomic E-state index is 13.5. The number of piperazine rings is 1. The maximum absolute atomic E-state index is 13.5. The summed E-state index contributed by atoms with van der Waals surface area (Å²) in [5.74, 6) is -2.03. The summed E-state index contributed by atoms with van der Waals surface area (Å²) in [5, 5.41) is 2.79. The third-order valence-corrected chi connectivity index (χ3v) is 4.46. The Morgan fingerprint density at radius 1 is 0.923 bits per heavy atom. The number of rotatable bonds is 4. The summed E-state index contributed by atoms with van der Waals surface area (Å²) in [4.78, 5) is 15.8. The number of hydrogen-bond donors (Lipinski definition) is 1. The molecule has 0 unspecified atom stereocenters. The molecule has 0 saturated carbocycles. The van der Waals surface area contributed by atoms with Crippen LogP contribution in [0.1, 0.15) is 5.56 Å². The molecular formula is C19H20F3N3O. The SMILES string of the molecule is O=C(NCCc1ccccc1F)N1CCN(c2ccc(F)c(F)c2)CC1. The number of nitrogens with one attached hydrogen (secondary N) is 1. The van der Waals surface area contributed by atoms with E-state index in [1.54, 1.807) is 23.1 Å². The Kier molecular flexibility index (Phi) is 5.65. The molecule has 1 fully saturated rings. The Hall–Kier alpha value is -2.70. The highest BCUT2D eigenvalue weighted by Gasteiger charge is 2.21. The zero-order chi connectivity index (χ0) is 18.5. The first-order valence-corrected chi connectivity index (χ1v) is 8.51. The van der Waals surface area contributed by atoms with E-state index in [9.17, 15) is 18.0 Å². The summed E-state index contributed by atoms with van der Waals surface area (Å²) in [6, 6.07) is 10.1. The Morgan fingerprint density at radius 2 is 1.65 bits per heavy atom. The molecule has 3 rings (SSSR count). The largest absolute Gasteiger partial charge is 0.368 e. The van der Waals surface area contributed by atoms with Crippen LogP contribution in [0.3, 0.4) is 0 Å². The minimum absolute atomic E-state index is 0.203. The summed E-state index contributed by atoms with van der Waals surface area (Å²) in [6.45, 7) is 2.37. The zero-order valence-electron chi connectivity index (χ0n) is 14.2. The lowest BCUT2D eigenvalue weighted by Gasteiger charge is -2.36. The van der Waals surface area contributed by atoms with Gasteiger partial charge in [0.1, 0.15) is 5.82 Å². The molecule has 26 heavy (non-hydrogen) atoms. The van der Waals surface area contributed by atoms with Crippen LogP contribution in [0, 0.1) is 17.5 Å². The lowest BCUT2D eigenvalue weighted by atomic mass is 10.1. The van der Waals surface area contributed by atoms with E-state index in [0.717, 1.165) is 6.07 Å². The summed E-state index contributed by atoms with van der Waals surface area (Å²) in [5.41, 5.74) is 1.17. The summed E-state index contributed by atoms with van der Waals surface area (Å²) < 4.78 is 39.9. The predicted molar refractivity (Wildman–Crippen MR) is 93.6 cm³/mol.